The van der Waals surface area contributed by atoms with Crippen LogP contribution in [0.3, 0.4) is 0 Å². The zero-order valence-corrected chi connectivity index (χ0v) is 14.3. The van der Waals surface area contributed by atoms with E-state index >= 15 is 0 Å². The van der Waals surface area contributed by atoms with Crippen LogP contribution in [0, 0.1) is 0 Å². The standard InChI is InChI=1S/C18H22N4O3/c1-2-24-15-5-7-16(8-6-15)25-14-18(23)22-12-10-21(11-13-22)17-4-3-9-19-20-17/h3-9H,2,10-14H2,1H3. The van der Waals surface area contributed by atoms with E-state index in [9.17, 15) is 4.79 Å². The zero-order chi connectivity index (χ0) is 17.5. The van der Waals surface area contributed by atoms with Gasteiger partial charge < -0.3 is 19.3 Å². The second-order valence-electron chi connectivity index (χ2n) is 5.64. The number of hydrogen-bond acceptors (Lipinski definition) is 6. The molecule has 0 spiro atoms. The molecule has 1 amide bonds. The Labute approximate surface area is 147 Å². The van der Waals surface area contributed by atoms with Crippen LogP contribution in [0.5, 0.6) is 11.5 Å². The molecule has 2 aromatic rings. The number of carbonyl (C=O) groups is 1. The predicted octanol–water partition coefficient (Wildman–Crippen LogP) is 1.60. The van der Waals surface area contributed by atoms with Crippen molar-refractivity contribution in [3.8, 4) is 11.5 Å². The molecular weight excluding hydrogens is 320 g/mol. The smallest absolute Gasteiger partial charge is 0.260 e. The van der Waals surface area contributed by atoms with Gasteiger partial charge >= 0.3 is 0 Å². The summed E-state index contributed by atoms with van der Waals surface area (Å²) in [5, 5.41) is 8.00. The Morgan fingerprint density at radius 3 is 2.32 bits per heavy atom. The van der Waals surface area contributed by atoms with Crippen molar-refractivity contribution in [3.05, 3.63) is 42.6 Å². The van der Waals surface area contributed by atoms with E-state index in [0.29, 0.717) is 25.4 Å². The molecule has 0 N–H and O–H groups in total. The molecule has 1 aromatic heterocycles. The van der Waals surface area contributed by atoms with Crippen LogP contribution < -0.4 is 14.4 Å². The van der Waals surface area contributed by atoms with Crippen molar-refractivity contribution in [2.75, 3.05) is 44.3 Å². The summed E-state index contributed by atoms with van der Waals surface area (Å²) in [5.41, 5.74) is 0. The van der Waals surface area contributed by atoms with Gasteiger partial charge in [0.15, 0.2) is 12.4 Å². The van der Waals surface area contributed by atoms with Gasteiger partial charge in [-0.3, -0.25) is 4.79 Å². The third kappa shape index (κ3) is 4.59. The molecule has 1 fully saturated rings. The second kappa shape index (κ2) is 8.32. The maximum Gasteiger partial charge on any atom is 0.260 e. The largest absolute Gasteiger partial charge is 0.494 e. The van der Waals surface area contributed by atoms with E-state index in [4.69, 9.17) is 9.47 Å². The third-order valence-corrected chi connectivity index (χ3v) is 4.01. The zero-order valence-electron chi connectivity index (χ0n) is 14.3. The lowest BCUT2D eigenvalue weighted by Crippen LogP contribution is -2.50. The van der Waals surface area contributed by atoms with E-state index in [1.165, 1.54) is 0 Å². The van der Waals surface area contributed by atoms with Crippen molar-refractivity contribution in [3.63, 3.8) is 0 Å². The number of piperazine rings is 1. The number of carbonyl (C=O) groups excluding carboxylic acids is 1. The van der Waals surface area contributed by atoms with Crippen LogP contribution >= 0.6 is 0 Å². The summed E-state index contributed by atoms with van der Waals surface area (Å²) >= 11 is 0. The fraction of sp³-hybridized carbons (Fsp3) is 0.389. The topological polar surface area (TPSA) is 67.8 Å². The first-order chi connectivity index (χ1) is 12.3. The van der Waals surface area contributed by atoms with Crippen LogP contribution in [0.1, 0.15) is 6.92 Å². The fourth-order valence-corrected chi connectivity index (χ4v) is 2.68. The Balaban J connectivity index is 1.45. The molecule has 7 heteroatoms. The molecule has 1 aliphatic rings. The molecule has 0 aliphatic carbocycles. The van der Waals surface area contributed by atoms with E-state index in [1.54, 1.807) is 6.20 Å². The van der Waals surface area contributed by atoms with Gasteiger partial charge in [-0.1, -0.05) is 0 Å². The lowest BCUT2D eigenvalue weighted by atomic mass is 10.3. The van der Waals surface area contributed by atoms with Gasteiger partial charge in [-0.05, 0) is 43.3 Å². The molecule has 3 rings (SSSR count). The van der Waals surface area contributed by atoms with Crippen LogP contribution in [0.25, 0.3) is 0 Å². The molecule has 0 unspecified atom stereocenters. The number of ether oxygens (including phenoxy) is 2. The van der Waals surface area contributed by atoms with Gasteiger partial charge in [0.05, 0.1) is 6.61 Å². The first kappa shape index (κ1) is 17.0. The first-order valence-electron chi connectivity index (χ1n) is 8.42. The lowest BCUT2D eigenvalue weighted by Gasteiger charge is -2.35. The normalized spacial score (nSPS) is 14.3. The maximum absolute atomic E-state index is 12.3. The summed E-state index contributed by atoms with van der Waals surface area (Å²) in [7, 11) is 0. The highest BCUT2D eigenvalue weighted by Gasteiger charge is 2.22. The summed E-state index contributed by atoms with van der Waals surface area (Å²) in [6, 6.07) is 11.1. The average Bonchev–Trinajstić information content (AvgIpc) is 2.68. The molecule has 25 heavy (non-hydrogen) atoms. The minimum absolute atomic E-state index is 0.00678. The number of rotatable bonds is 6. The molecule has 1 aromatic carbocycles. The Hall–Kier alpha value is -2.83. The second-order valence-corrected chi connectivity index (χ2v) is 5.64. The maximum atomic E-state index is 12.3. The van der Waals surface area contributed by atoms with E-state index in [-0.39, 0.29) is 12.5 Å². The van der Waals surface area contributed by atoms with Crippen LogP contribution in [-0.2, 0) is 4.79 Å². The number of nitrogens with zero attached hydrogens (tertiary/aromatic N) is 4. The van der Waals surface area contributed by atoms with Gasteiger partial charge in [0.1, 0.15) is 11.5 Å². The molecule has 1 saturated heterocycles. The molecule has 1 aliphatic heterocycles. The monoisotopic (exact) mass is 342 g/mol. The van der Waals surface area contributed by atoms with Gasteiger partial charge in [0.25, 0.3) is 5.91 Å². The SMILES string of the molecule is CCOc1ccc(OCC(=O)N2CCN(c3cccnn3)CC2)cc1. The molecule has 0 saturated carbocycles. The Kier molecular flexibility index (Phi) is 5.66. The molecule has 2 heterocycles. The van der Waals surface area contributed by atoms with E-state index in [1.807, 2.05) is 48.2 Å². The summed E-state index contributed by atoms with van der Waals surface area (Å²) in [5.74, 6) is 2.30. The van der Waals surface area contributed by atoms with Gasteiger partial charge in [0, 0.05) is 32.4 Å². The lowest BCUT2D eigenvalue weighted by molar-refractivity contribution is -0.133. The molecule has 7 nitrogen and oxygen atoms in total. The number of anilines is 1. The van der Waals surface area contributed by atoms with Crippen molar-refractivity contribution >= 4 is 11.7 Å². The average molecular weight is 342 g/mol. The van der Waals surface area contributed by atoms with Gasteiger partial charge in [-0.15, -0.1) is 5.10 Å². The first-order valence-corrected chi connectivity index (χ1v) is 8.42. The van der Waals surface area contributed by atoms with Crippen molar-refractivity contribution in [2.24, 2.45) is 0 Å². The summed E-state index contributed by atoms with van der Waals surface area (Å²) in [6.45, 7) is 5.40. The number of aromatic nitrogens is 2. The number of benzene rings is 1. The fourth-order valence-electron chi connectivity index (χ4n) is 2.68. The quantitative estimate of drug-likeness (QED) is 0.794. The highest BCUT2D eigenvalue weighted by molar-refractivity contribution is 5.78. The van der Waals surface area contributed by atoms with E-state index in [0.717, 1.165) is 24.7 Å². The van der Waals surface area contributed by atoms with Crippen molar-refractivity contribution in [1.82, 2.24) is 15.1 Å². The molecule has 0 bridgehead atoms. The Morgan fingerprint density at radius 2 is 1.72 bits per heavy atom. The molecule has 132 valence electrons. The minimum atomic E-state index is -0.00678. The minimum Gasteiger partial charge on any atom is -0.494 e. The highest BCUT2D eigenvalue weighted by atomic mass is 16.5. The van der Waals surface area contributed by atoms with Crippen LogP contribution in [0.15, 0.2) is 42.6 Å². The molecule has 0 radical (unpaired) electrons. The van der Waals surface area contributed by atoms with Crippen LogP contribution in [0.4, 0.5) is 5.82 Å². The number of hydrogen-bond donors (Lipinski definition) is 0. The van der Waals surface area contributed by atoms with Crippen molar-refractivity contribution in [2.45, 2.75) is 6.92 Å². The molecule has 0 atom stereocenters. The summed E-state index contributed by atoms with van der Waals surface area (Å²) in [6.07, 6.45) is 1.65. The summed E-state index contributed by atoms with van der Waals surface area (Å²) < 4.78 is 11.0. The van der Waals surface area contributed by atoms with Gasteiger partial charge in [-0.2, -0.15) is 5.10 Å². The summed E-state index contributed by atoms with van der Waals surface area (Å²) in [4.78, 5) is 16.3. The predicted molar refractivity (Wildman–Crippen MR) is 93.9 cm³/mol. The van der Waals surface area contributed by atoms with Gasteiger partial charge in [0.2, 0.25) is 0 Å². The van der Waals surface area contributed by atoms with Crippen LogP contribution in [0.2, 0.25) is 0 Å². The Morgan fingerprint density at radius 1 is 1.04 bits per heavy atom. The van der Waals surface area contributed by atoms with E-state index in [2.05, 4.69) is 15.1 Å². The third-order valence-electron chi connectivity index (χ3n) is 4.01. The van der Waals surface area contributed by atoms with Crippen molar-refractivity contribution in [1.29, 1.82) is 0 Å². The van der Waals surface area contributed by atoms with Crippen LogP contribution in [-0.4, -0.2) is 60.4 Å². The Bertz CT molecular complexity index is 670. The number of amides is 1. The molecular formula is C18H22N4O3. The van der Waals surface area contributed by atoms with E-state index < -0.39 is 0 Å². The highest BCUT2D eigenvalue weighted by Crippen LogP contribution is 2.18. The van der Waals surface area contributed by atoms with Gasteiger partial charge in [-0.25, -0.2) is 0 Å². The van der Waals surface area contributed by atoms with Crippen molar-refractivity contribution < 1.29 is 14.3 Å².